The minimum Gasteiger partial charge on any atom is -0.310 e. The van der Waals surface area contributed by atoms with Crippen LogP contribution in [0.15, 0.2) is 170 Å². The van der Waals surface area contributed by atoms with E-state index in [4.69, 9.17) is 0 Å². The van der Waals surface area contributed by atoms with Crippen LogP contribution in [0, 0.1) is 0 Å². The van der Waals surface area contributed by atoms with Crippen molar-refractivity contribution < 1.29 is 0 Å². The number of rotatable bonds is 5. The lowest BCUT2D eigenvalue weighted by Crippen LogP contribution is -2.10. The van der Waals surface area contributed by atoms with Gasteiger partial charge in [0.15, 0.2) is 0 Å². The normalized spacial score (nSPS) is 11.6. The molecule has 0 aliphatic rings. The Morgan fingerprint density at radius 2 is 0.978 bits per heavy atom. The Kier molecular flexibility index (Phi) is 6.03. The van der Waals surface area contributed by atoms with Crippen molar-refractivity contribution in [2.24, 2.45) is 0 Å². The van der Waals surface area contributed by atoms with Crippen molar-refractivity contribution in [2.75, 3.05) is 4.90 Å². The number of hydrogen-bond donors (Lipinski definition) is 0. The van der Waals surface area contributed by atoms with Gasteiger partial charge in [-0.2, -0.15) is 0 Å². The third-order valence-corrected chi connectivity index (χ3v) is 9.98. The number of thiophene rings is 1. The summed E-state index contributed by atoms with van der Waals surface area (Å²) in [5.74, 6) is 0. The van der Waals surface area contributed by atoms with Crippen molar-refractivity contribution in [2.45, 2.75) is 0 Å². The molecular weight excluding hydrogens is 565 g/mol. The van der Waals surface area contributed by atoms with Crippen molar-refractivity contribution in [3.05, 3.63) is 170 Å². The van der Waals surface area contributed by atoms with Gasteiger partial charge in [-0.05, 0) is 65.7 Å². The second kappa shape index (κ2) is 10.5. The van der Waals surface area contributed by atoms with E-state index in [9.17, 15) is 0 Å². The summed E-state index contributed by atoms with van der Waals surface area (Å²) >= 11 is 1.88. The fourth-order valence-electron chi connectivity index (χ4n) is 6.80. The van der Waals surface area contributed by atoms with Crippen LogP contribution >= 0.6 is 11.3 Å². The molecule has 7 aromatic carbocycles. The predicted molar refractivity (Wildman–Crippen MR) is 194 cm³/mol. The molecule has 0 atom stereocenters. The highest BCUT2D eigenvalue weighted by Gasteiger charge is 2.21. The lowest BCUT2D eigenvalue weighted by Gasteiger charge is -2.26. The van der Waals surface area contributed by atoms with Gasteiger partial charge >= 0.3 is 0 Å². The number of anilines is 3. The van der Waals surface area contributed by atoms with Crippen LogP contribution in [0.2, 0.25) is 0 Å². The molecule has 9 aromatic rings. The summed E-state index contributed by atoms with van der Waals surface area (Å²) in [5, 5.41) is 5.10. The molecule has 9 rings (SSSR count). The highest BCUT2D eigenvalue weighted by molar-refractivity contribution is 7.26. The van der Waals surface area contributed by atoms with Crippen LogP contribution in [-0.2, 0) is 0 Å². The first-order valence-corrected chi connectivity index (χ1v) is 16.1. The van der Waals surface area contributed by atoms with Gasteiger partial charge in [0.1, 0.15) is 0 Å². The lowest BCUT2D eigenvalue weighted by atomic mass is 10.0. The Morgan fingerprint density at radius 1 is 0.422 bits per heavy atom. The molecule has 0 amide bonds. The zero-order valence-corrected chi connectivity index (χ0v) is 25.3. The zero-order valence-electron chi connectivity index (χ0n) is 24.5. The molecule has 45 heavy (non-hydrogen) atoms. The fourth-order valence-corrected chi connectivity index (χ4v) is 8.02. The molecule has 0 aliphatic carbocycles. The van der Waals surface area contributed by atoms with Gasteiger partial charge in [-0.1, -0.05) is 115 Å². The minimum atomic E-state index is 1.13. The van der Waals surface area contributed by atoms with E-state index >= 15 is 0 Å². The van der Waals surface area contributed by atoms with Gasteiger partial charge in [-0.25, -0.2) is 0 Å². The van der Waals surface area contributed by atoms with Gasteiger partial charge in [0, 0.05) is 37.6 Å². The van der Waals surface area contributed by atoms with Gasteiger partial charge in [-0.15, -0.1) is 11.3 Å². The van der Waals surface area contributed by atoms with Crippen molar-refractivity contribution in [1.82, 2.24) is 4.57 Å². The molecule has 0 saturated heterocycles. The predicted octanol–water partition coefficient (Wildman–Crippen LogP) is 12.3. The molecule has 0 radical (unpaired) electrons. The first kappa shape index (κ1) is 25.8. The molecule has 0 bridgehead atoms. The van der Waals surface area contributed by atoms with Crippen LogP contribution in [0.25, 0.3) is 58.8 Å². The molecule has 2 nitrogen and oxygen atoms in total. The molecule has 3 heteroatoms. The van der Waals surface area contributed by atoms with Crippen molar-refractivity contribution in [3.63, 3.8) is 0 Å². The maximum atomic E-state index is 2.44. The average molecular weight is 593 g/mol. The summed E-state index contributed by atoms with van der Waals surface area (Å²) in [5.41, 5.74) is 9.55. The van der Waals surface area contributed by atoms with Crippen LogP contribution < -0.4 is 4.90 Å². The first-order chi connectivity index (χ1) is 22.3. The summed E-state index contributed by atoms with van der Waals surface area (Å²) in [6.07, 6.45) is 0. The van der Waals surface area contributed by atoms with E-state index in [1.165, 1.54) is 64.5 Å². The SMILES string of the molecule is c1ccc(-c2ccc(N(c3ccccc3)c3cccc4sc5c(-n6c7ccccc7c7ccccc76)cccc5c34)cc2)cc1. The maximum Gasteiger partial charge on any atom is 0.0640 e. The van der Waals surface area contributed by atoms with Crippen molar-refractivity contribution in [3.8, 4) is 16.8 Å². The van der Waals surface area contributed by atoms with Crippen LogP contribution in [-0.4, -0.2) is 4.57 Å². The quantitative estimate of drug-likeness (QED) is 0.193. The van der Waals surface area contributed by atoms with E-state index < -0.39 is 0 Å². The molecule has 2 heterocycles. The summed E-state index contributed by atoms with van der Waals surface area (Å²) in [6.45, 7) is 0. The lowest BCUT2D eigenvalue weighted by molar-refractivity contribution is 1.20. The molecule has 212 valence electrons. The summed E-state index contributed by atoms with van der Waals surface area (Å²) < 4.78 is 5.01. The topological polar surface area (TPSA) is 8.17 Å². The van der Waals surface area contributed by atoms with Gasteiger partial charge in [0.05, 0.1) is 27.1 Å². The van der Waals surface area contributed by atoms with Crippen LogP contribution in [0.3, 0.4) is 0 Å². The van der Waals surface area contributed by atoms with Gasteiger partial charge in [0.25, 0.3) is 0 Å². The van der Waals surface area contributed by atoms with Gasteiger partial charge < -0.3 is 9.47 Å². The van der Waals surface area contributed by atoms with E-state index in [2.05, 4.69) is 179 Å². The fraction of sp³-hybridized carbons (Fsp3) is 0. The average Bonchev–Trinajstić information content (AvgIpc) is 3.66. The Labute approximate surface area is 265 Å². The Balaban J connectivity index is 1.28. The number of hydrogen-bond acceptors (Lipinski definition) is 2. The van der Waals surface area contributed by atoms with E-state index in [0.717, 1.165) is 11.4 Å². The molecule has 0 aliphatic heterocycles. The van der Waals surface area contributed by atoms with Gasteiger partial charge in [0.2, 0.25) is 0 Å². The Morgan fingerprint density at radius 3 is 1.69 bits per heavy atom. The molecule has 0 spiro atoms. The maximum absolute atomic E-state index is 2.44. The van der Waals surface area contributed by atoms with E-state index in [1.807, 2.05) is 11.3 Å². The second-order valence-electron chi connectivity index (χ2n) is 11.4. The molecule has 0 fully saturated rings. The molecule has 0 unspecified atom stereocenters. The summed E-state index contributed by atoms with van der Waals surface area (Å²) in [7, 11) is 0. The summed E-state index contributed by atoms with van der Waals surface area (Å²) in [6, 6.07) is 61.2. The number of para-hydroxylation sites is 3. The van der Waals surface area contributed by atoms with E-state index in [-0.39, 0.29) is 0 Å². The number of fused-ring (bicyclic) bond motifs is 6. The number of benzene rings is 7. The molecule has 0 saturated carbocycles. The van der Waals surface area contributed by atoms with Crippen LogP contribution in [0.4, 0.5) is 17.1 Å². The highest BCUT2D eigenvalue weighted by atomic mass is 32.1. The Bertz CT molecular complexity index is 2420. The third-order valence-electron chi connectivity index (χ3n) is 8.79. The van der Waals surface area contributed by atoms with E-state index in [1.54, 1.807) is 0 Å². The van der Waals surface area contributed by atoms with Crippen molar-refractivity contribution >= 4 is 70.4 Å². The number of nitrogens with zero attached hydrogens (tertiary/aromatic N) is 2. The highest BCUT2D eigenvalue weighted by Crippen LogP contribution is 2.47. The largest absolute Gasteiger partial charge is 0.310 e. The number of aromatic nitrogens is 1. The standard InChI is InChI=1S/C42H28N2S/c1-3-13-29(14-4-1)30-25-27-32(28-26-30)43(31-15-5-2-6-16-31)38-22-12-24-40-41(38)35-19-11-23-39(42(35)45-40)44-36-20-9-7-17-33(36)34-18-8-10-21-37(34)44/h1-28H. The van der Waals surface area contributed by atoms with Gasteiger partial charge in [-0.3, -0.25) is 0 Å². The van der Waals surface area contributed by atoms with Crippen molar-refractivity contribution in [1.29, 1.82) is 0 Å². The Hall–Kier alpha value is -5.64. The second-order valence-corrected chi connectivity index (χ2v) is 12.4. The third kappa shape index (κ3) is 4.16. The van der Waals surface area contributed by atoms with E-state index in [0.29, 0.717) is 0 Å². The summed E-state index contributed by atoms with van der Waals surface area (Å²) in [4.78, 5) is 2.40. The van der Waals surface area contributed by atoms with Crippen LogP contribution in [0.1, 0.15) is 0 Å². The molecular formula is C42H28N2S. The zero-order chi connectivity index (χ0) is 29.7. The minimum absolute atomic E-state index is 1.13. The monoisotopic (exact) mass is 592 g/mol. The van der Waals surface area contributed by atoms with Crippen LogP contribution in [0.5, 0.6) is 0 Å². The molecule has 2 aromatic heterocycles. The first-order valence-electron chi connectivity index (χ1n) is 15.3. The molecule has 0 N–H and O–H groups in total. The smallest absolute Gasteiger partial charge is 0.0640 e.